The van der Waals surface area contributed by atoms with Crippen LogP contribution >= 0.6 is 0 Å². The third-order valence-corrected chi connectivity index (χ3v) is 3.99. The fraction of sp³-hybridized carbons (Fsp3) is 0.438. The number of imidazole rings is 1. The maximum Gasteiger partial charge on any atom is 0.207 e. The highest BCUT2D eigenvalue weighted by Gasteiger charge is 2.18. The Bertz CT molecular complexity index is 558. The molecule has 1 aromatic carbocycles. The molecule has 0 unspecified atom stereocenters. The van der Waals surface area contributed by atoms with Gasteiger partial charge in [0.05, 0.1) is 12.8 Å². The average Bonchev–Trinajstić information content (AvgIpc) is 2.97. The second kappa shape index (κ2) is 5.99. The van der Waals surface area contributed by atoms with E-state index in [9.17, 15) is 0 Å². The van der Waals surface area contributed by atoms with Gasteiger partial charge in [0.25, 0.3) is 0 Å². The Balaban J connectivity index is 1.82. The fourth-order valence-electron chi connectivity index (χ4n) is 2.93. The lowest BCUT2D eigenvalue weighted by molar-refractivity contribution is 0.356. The normalized spacial score (nSPS) is 16.1. The van der Waals surface area contributed by atoms with E-state index in [2.05, 4.69) is 21.1 Å². The van der Waals surface area contributed by atoms with Crippen molar-refractivity contribution in [3.05, 3.63) is 36.7 Å². The first-order chi connectivity index (χ1) is 9.88. The number of hydrogen-bond donors (Lipinski definition) is 1. The molecule has 1 aliphatic rings. The van der Waals surface area contributed by atoms with E-state index >= 15 is 0 Å². The minimum Gasteiger partial charge on any atom is -0.495 e. The Morgan fingerprint density at radius 2 is 2.00 bits per heavy atom. The minimum absolute atomic E-state index is 0.573. The molecule has 106 valence electrons. The molecule has 3 rings (SSSR count). The van der Waals surface area contributed by atoms with E-state index < -0.39 is 0 Å². The molecule has 0 amide bonds. The number of rotatable bonds is 4. The van der Waals surface area contributed by atoms with Crippen molar-refractivity contribution >= 4 is 11.6 Å². The van der Waals surface area contributed by atoms with E-state index in [4.69, 9.17) is 4.74 Å². The summed E-state index contributed by atoms with van der Waals surface area (Å²) in [6.45, 7) is 0. The summed E-state index contributed by atoms with van der Waals surface area (Å²) in [4.78, 5) is 4.46. The Kier molecular flexibility index (Phi) is 3.90. The number of benzene rings is 1. The highest BCUT2D eigenvalue weighted by Crippen LogP contribution is 2.32. The maximum atomic E-state index is 5.38. The predicted octanol–water partition coefficient (Wildman–Crippen LogP) is 4.14. The molecule has 4 heteroatoms. The second-order valence-corrected chi connectivity index (χ2v) is 5.28. The SMILES string of the molecule is COc1ccccc1Nc1nccn1C1CCCCC1. The largest absolute Gasteiger partial charge is 0.495 e. The van der Waals surface area contributed by atoms with Gasteiger partial charge in [-0.3, -0.25) is 0 Å². The van der Waals surface area contributed by atoms with Crippen LogP contribution in [0.3, 0.4) is 0 Å². The number of nitrogens with one attached hydrogen (secondary N) is 1. The molecule has 0 aliphatic heterocycles. The number of hydrogen-bond acceptors (Lipinski definition) is 3. The Hall–Kier alpha value is -1.97. The number of para-hydroxylation sites is 2. The summed E-state index contributed by atoms with van der Waals surface area (Å²) in [6, 6.07) is 8.51. The molecule has 1 fully saturated rings. The molecule has 0 atom stereocenters. The van der Waals surface area contributed by atoms with Gasteiger partial charge in [0.1, 0.15) is 5.75 Å². The zero-order chi connectivity index (χ0) is 13.8. The van der Waals surface area contributed by atoms with Gasteiger partial charge in [-0.25, -0.2) is 4.98 Å². The smallest absolute Gasteiger partial charge is 0.207 e. The van der Waals surface area contributed by atoms with E-state index in [1.165, 1.54) is 32.1 Å². The molecule has 1 aliphatic carbocycles. The molecule has 4 nitrogen and oxygen atoms in total. The summed E-state index contributed by atoms with van der Waals surface area (Å²) < 4.78 is 7.65. The summed E-state index contributed by atoms with van der Waals surface area (Å²) >= 11 is 0. The van der Waals surface area contributed by atoms with Crippen molar-refractivity contribution in [2.45, 2.75) is 38.1 Å². The van der Waals surface area contributed by atoms with Crippen LogP contribution in [0.1, 0.15) is 38.1 Å². The van der Waals surface area contributed by atoms with Crippen molar-refractivity contribution in [1.29, 1.82) is 0 Å². The molecule has 0 saturated heterocycles. The molecule has 1 aromatic heterocycles. The highest BCUT2D eigenvalue weighted by molar-refractivity contribution is 5.62. The van der Waals surface area contributed by atoms with Crippen LogP contribution in [0.25, 0.3) is 0 Å². The molecular formula is C16H21N3O. The first-order valence-corrected chi connectivity index (χ1v) is 7.31. The number of methoxy groups -OCH3 is 1. The lowest BCUT2D eigenvalue weighted by Gasteiger charge is -2.25. The molecule has 20 heavy (non-hydrogen) atoms. The molecule has 1 N–H and O–H groups in total. The van der Waals surface area contributed by atoms with Gasteiger partial charge in [-0.05, 0) is 25.0 Å². The van der Waals surface area contributed by atoms with Gasteiger partial charge in [-0.1, -0.05) is 31.4 Å². The lowest BCUT2D eigenvalue weighted by atomic mass is 9.95. The van der Waals surface area contributed by atoms with Crippen molar-refractivity contribution in [3.63, 3.8) is 0 Å². The third kappa shape index (κ3) is 2.64. The van der Waals surface area contributed by atoms with Crippen molar-refractivity contribution in [3.8, 4) is 5.75 Å². The third-order valence-electron chi connectivity index (χ3n) is 3.99. The minimum atomic E-state index is 0.573. The number of anilines is 2. The van der Waals surface area contributed by atoms with Crippen LogP contribution in [0.2, 0.25) is 0 Å². The van der Waals surface area contributed by atoms with Crippen LogP contribution in [0.5, 0.6) is 5.75 Å². The van der Waals surface area contributed by atoms with E-state index in [1.807, 2.05) is 30.5 Å². The highest BCUT2D eigenvalue weighted by atomic mass is 16.5. The quantitative estimate of drug-likeness (QED) is 0.908. The summed E-state index contributed by atoms with van der Waals surface area (Å²) in [5.74, 6) is 1.74. The van der Waals surface area contributed by atoms with Crippen molar-refractivity contribution < 1.29 is 4.74 Å². The number of aromatic nitrogens is 2. The molecule has 0 radical (unpaired) electrons. The second-order valence-electron chi connectivity index (χ2n) is 5.28. The van der Waals surface area contributed by atoms with Crippen LogP contribution in [-0.2, 0) is 0 Å². The van der Waals surface area contributed by atoms with Gasteiger partial charge in [-0.15, -0.1) is 0 Å². The summed E-state index contributed by atoms with van der Waals surface area (Å²) in [5.41, 5.74) is 0.957. The van der Waals surface area contributed by atoms with E-state index in [1.54, 1.807) is 7.11 Å². The van der Waals surface area contributed by atoms with Gasteiger partial charge in [0.15, 0.2) is 0 Å². The Morgan fingerprint density at radius 3 is 2.80 bits per heavy atom. The first-order valence-electron chi connectivity index (χ1n) is 7.31. The summed E-state index contributed by atoms with van der Waals surface area (Å²) in [7, 11) is 1.69. The zero-order valence-electron chi connectivity index (χ0n) is 11.9. The molecule has 0 bridgehead atoms. The van der Waals surface area contributed by atoms with Crippen LogP contribution in [0.4, 0.5) is 11.6 Å². The Labute approximate surface area is 119 Å². The van der Waals surface area contributed by atoms with E-state index in [0.29, 0.717) is 6.04 Å². The van der Waals surface area contributed by atoms with Crippen LogP contribution in [0, 0.1) is 0 Å². The summed E-state index contributed by atoms with van der Waals surface area (Å²) in [5, 5.41) is 3.40. The van der Waals surface area contributed by atoms with Gasteiger partial charge in [0, 0.05) is 18.4 Å². The van der Waals surface area contributed by atoms with Crippen molar-refractivity contribution in [2.24, 2.45) is 0 Å². The maximum absolute atomic E-state index is 5.38. The Morgan fingerprint density at radius 1 is 1.20 bits per heavy atom. The number of nitrogens with zero attached hydrogens (tertiary/aromatic N) is 2. The van der Waals surface area contributed by atoms with E-state index in [0.717, 1.165) is 17.4 Å². The monoisotopic (exact) mass is 271 g/mol. The van der Waals surface area contributed by atoms with Crippen molar-refractivity contribution in [1.82, 2.24) is 9.55 Å². The van der Waals surface area contributed by atoms with Crippen LogP contribution in [-0.4, -0.2) is 16.7 Å². The fourth-order valence-corrected chi connectivity index (χ4v) is 2.93. The van der Waals surface area contributed by atoms with Gasteiger partial charge < -0.3 is 14.6 Å². The van der Waals surface area contributed by atoms with Gasteiger partial charge in [-0.2, -0.15) is 0 Å². The first kappa shape index (κ1) is 13.0. The predicted molar refractivity (Wildman–Crippen MR) is 80.6 cm³/mol. The average molecular weight is 271 g/mol. The van der Waals surface area contributed by atoms with E-state index in [-0.39, 0.29) is 0 Å². The van der Waals surface area contributed by atoms with Gasteiger partial charge in [0.2, 0.25) is 5.95 Å². The molecule has 1 heterocycles. The topological polar surface area (TPSA) is 39.1 Å². The molecule has 0 spiro atoms. The summed E-state index contributed by atoms with van der Waals surface area (Å²) in [6.07, 6.45) is 10.4. The zero-order valence-corrected chi connectivity index (χ0v) is 11.9. The lowest BCUT2D eigenvalue weighted by Crippen LogP contribution is -2.14. The van der Waals surface area contributed by atoms with Gasteiger partial charge >= 0.3 is 0 Å². The standard InChI is InChI=1S/C16H21N3O/c1-20-15-10-6-5-9-14(15)18-16-17-11-12-19(16)13-7-3-2-4-8-13/h5-6,9-13H,2-4,7-8H2,1H3,(H,17,18). The molecule has 2 aromatic rings. The van der Waals surface area contributed by atoms with Crippen LogP contribution in [0.15, 0.2) is 36.7 Å². The molecule has 1 saturated carbocycles. The molecular weight excluding hydrogens is 250 g/mol. The van der Waals surface area contributed by atoms with Crippen molar-refractivity contribution in [2.75, 3.05) is 12.4 Å². The number of ether oxygens (including phenoxy) is 1. The van der Waals surface area contributed by atoms with Crippen LogP contribution < -0.4 is 10.1 Å².